The largest absolute Gasteiger partial charge is 0.397 e. The Hall–Kier alpha value is -0.740. The van der Waals surface area contributed by atoms with Gasteiger partial charge in [-0.05, 0) is 18.2 Å². The molecule has 0 spiro atoms. The van der Waals surface area contributed by atoms with Gasteiger partial charge >= 0.3 is 0 Å². The second-order valence-electron chi connectivity index (χ2n) is 2.62. The minimum atomic E-state index is -1.09. The zero-order valence-electron chi connectivity index (χ0n) is 7.45. The van der Waals surface area contributed by atoms with Gasteiger partial charge in [0.2, 0.25) is 0 Å². The van der Waals surface area contributed by atoms with E-state index in [0.717, 1.165) is 0 Å². The molecular weight excluding hydrogens is 208 g/mol. The van der Waals surface area contributed by atoms with Gasteiger partial charge in [-0.1, -0.05) is 11.6 Å². The van der Waals surface area contributed by atoms with Gasteiger partial charge in [0.1, 0.15) is 11.0 Å². The van der Waals surface area contributed by atoms with Crippen molar-refractivity contribution in [1.82, 2.24) is 0 Å². The molecule has 0 aliphatic rings. The average Bonchev–Trinajstić information content (AvgIpc) is 2.08. The lowest BCUT2D eigenvalue weighted by atomic mass is 10.3. The molecular formula is C8H11ClN2OS. The lowest BCUT2D eigenvalue weighted by molar-refractivity contribution is 0.685. The Morgan fingerprint density at radius 3 is 2.69 bits per heavy atom. The maximum Gasteiger partial charge on any atom is 0.116 e. The van der Waals surface area contributed by atoms with Crippen LogP contribution in [0.1, 0.15) is 0 Å². The van der Waals surface area contributed by atoms with E-state index in [1.54, 1.807) is 35.8 Å². The summed E-state index contributed by atoms with van der Waals surface area (Å²) in [5, 5.41) is 0.585. The van der Waals surface area contributed by atoms with Gasteiger partial charge in [0.15, 0.2) is 0 Å². The minimum absolute atomic E-state index is 0.571. The number of benzene rings is 1. The summed E-state index contributed by atoms with van der Waals surface area (Å²) in [6.45, 7) is 0. The Morgan fingerprint density at radius 1 is 1.54 bits per heavy atom. The van der Waals surface area contributed by atoms with Crippen molar-refractivity contribution in [3.05, 3.63) is 23.2 Å². The van der Waals surface area contributed by atoms with Gasteiger partial charge in [0.05, 0.1) is 11.4 Å². The van der Waals surface area contributed by atoms with Crippen LogP contribution in [-0.2, 0) is 11.0 Å². The van der Waals surface area contributed by atoms with Crippen LogP contribution in [0.15, 0.2) is 18.2 Å². The maximum absolute atomic E-state index is 11.1. The number of hydrogen-bond acceptors (Lipinski definition) is 2. The van der Waals surface area contributed by atoms with Gasteiger partial charge in [-0.3, -0.25) is 4.31 Å². The van der Waals surface area contributed by atoms with Crippen LogP contribution < -0.4 is 10.0 Å². The van der Waals surface area contributed by atoms with Crippen molar-refractivity contribution in [2.45, 2.75) is 0 Å². The number of anilines is 2. The zero-order chi connectivity index (χ0) is 10.0. The van der Waals surface area contributed by atoms with Crippen LogP contribution in [0.3, 0.4) is 0 Å². The molecule has 0 aromatic heterocycles. The summed E-state index contributed by atoms with van der Waals surface area (Å²) in [7, 11) is 0.621. The van der Waals surface area contributed by atoms with E-state index >= 15 is 0 Å². The second-order valence-corrected chi connectivity index (χ2v) is 4.46. The molecule has 1 atom stereocenters. The average molecular weight is 219 g/mol. The first-order valence-electron chi connectivity index (χ1n) is 3.64. The molecule has 3 nitrogen and oxygen atoms in total. The second kappa shape index (κ2) is 3.98. The van der Waals surface area contributed by atoms with Crippen LogP contribution in [0.2, 0.25) is 5.02 Å². The summed E-state index contributed by atoms with van der Waals surface area (Å²) < 4.78 is 12.7. The molecule has 1 aromatic rings. The van der Waals surface area contributed by atoms with E-state index < -0.39 is 11.0 Å². The van der Waals surface area contributed by atoms with Crippen molar-refractivity contribution in [3.8, 4) is 0 Å². The monoisotopic (exact) mass is 218 g/mol. The minimum Gasteiger partial charge on any atom is -0.397 e. The van der Waals surface area contributed by atoms with Crippen molar-refractivity contribution in [3.63, 3.8) is 0 Å². The van der Waals surface area contributed by atoms with E-state index in [4.69, 9.17) is 17.3 Å². The first-order chi connectivity index (χ1) is 6.02. The predicted molar refractivity (Wildman–Crippen MR) is 58.3 cm³/mol. The summed E-state index contributed by atoms with van der Waals surface area (Å²) in [6, 6.07) is 5.09. The van der Waals surface area contributed by atoms with Crippen molar-refractivity contribution < 1.29 is 4.21 Å². The highest BCUT2D eigenvalue weighted by molar-refractivity contribution is 7.85. The van der Waals surface area contributed by atoms with Crippen LogP contribution in [0.5, 0.6) is 0 Å². The molecule has 1 aromatic carbocycles. The molecule has 13 heavy (non-hydrogen) atoms. The molecule has 1 rings (SSSR count). The Labute approximate surface area is 85.1 Å². The topological polar surface area (TPSA) is 46.3 Å². The third kappa shape index (κ3) is 2.35. The third-order valence-corrected chi connectivity index (χ3v) is 2.92. The Bertz CT molecular complexity index is 343. The van der Waals surface area contributed by atoms with Gasteiger partial charge < -0.3 is 5.73 Å². The van der Waals surface area contributed by atoms with Gasteiger partial charge in [0.25, 0.3) is 0 Å². The van der Waals surface area contributed by atoms with Crippen molar-refractivity contribution >= 4 is 34.0 Å². The fourth-order valence-corrected chi connectivity index (χ4v) is 1.53. The first kappa shape index (κ1) is 10.3. The molecule has 0 bridgehead atoms. The van der Waals surface area contributed by atoms with E-state index in [9.17, 15) is 4.21 Å². The molecule has 0 saturated carbocycles. The van der Waals surface area contributed by atoms with Gasteiger partial charge in [-0.2, -0.15) is 0 Å². The fourth-order valence-electron chi connectivity index (χ4n) is 0.928. The smallest absolute Gasteiger partial charge is 0.116 e. The van der Waals surface area contributed by atoms with Gasteiger partial charge in [0, 0.05) is 18.3 Å². The summed E-state index contributed by atoms with van der Waals surface area (Å²) >= 11 is 5.78. The number of rotatable bonds is 2. The lowest BCUT2D eigenvalue weighted by Crippen LogP contribution is -2.19. The quantitative estimate of drug-likeness (QED) is 0.768. The van der Waals surface area contributed by atoms with Crippen molar-refractivity contribution in [1.29, 1.82) is 0 Å². The maximum atomic E-state index is 11.1. The summed E-state index contributed by atoms with van der Waals surface area (Å²) in [5.74, 6) is 0. The van der Waals surface area contributed by atoms with Gasteiger partial charge in [-0.25, -0.2) is 4.21 Å². The van der Waals surface area contributed by atoms with E-state index in [1.807, 2.05) is 0 Å². The molecule has 0 fully saturated rings. The molecule has 5 heteroatoms. The van der Waals surface area contributed by atoms with E-state index in [1.165, 1.54) is 0 Å². The summed E-state index contributed by atoms with van der Waals surface area (Å²) in [5.41, 5.74) is 6.95. The normalized spacial score (nSPS) is 12.5. The van der Waals surface area contributed by atoms with E-state index in [-0.39, 0.29) is 0 Å². The summed E-state index contributed by atoms with van der Waals surface area (Å²) in [6.07, 6.45) is 1.58. The number of nitrogens with two attached hydrogens (primary N) is 1. The van der Waals surface area contributed by atoms with E-state index in [2.05, 4.69) is 0 Å². The molecule has 72 valence electrons. The van der Waals surface area contributed by atoms with Crippen LogP contribution in [0, 0.1) is 0 Å². The van der Waals surface area contributed by atoms with Crippen molar-refractivity contribution in [2.24, 2.45) is 0 Å². The SMILES string of the molecule is CN(c1cc(Cl)ccc1N)S(C)=O. The van der Waals surface area contributed by atoms with Crippen molar-refractivity contribution in [2.75, 3.05) is 23.3 Å². The van der Waals surface area contributed by atoms with Crippen LogP contribution in [0.25, 0.3) is 0 Å². The third-order valence-electron chi connectivity index (χ3n) is 1.72. The zero-order valence-corrected chi connectivity index (χ0v) is 9.02. The Morgan fingerprint density at radius 2 is 2.15 bits per heavy atom. The molecule has 0 aliphatic heterocycles. The number of nitrogens with zero attached hydrogens (tertiary/aromatic N) is 1. The Kier molecular flexibility index (Phi) is 3.17. The number of hydrogen-bond donors (Lipinski definition) is 1. The first-order valence-corrected chi connectivity index (χ1v) is 5.54. The predicted octanol–water partition coefficient (Wildman–Crippen LogP) is 1.65. The number of nitrogen functional groups attached to an aromatic ring is 1. The highest BCUT2D eigenvalue weighted by atomic mass is 35.5. The standard InChI is InChI=1S/C8H11ClN2OS/c1-11(13(2)12)8-5-6(9)3-4-7(8)10/h3-5H,10H2,1-2H3. The molecule has 0 aliphatic carbocycles. The van der Waals surface area contributed by atoms with Crippen LogP contribution >= 0.6 is 11.6 Å². The van der Waals surface area contributed by atoms with Crippen LogP contribution in [-0.4, -0.2) is 17.5 Å². The molecule has 0 radical (unpaired) electrons. The van der Waals surface area contributed by atoms with Gasteiger partial charge in [-0.15, -0.1) is 0 Å². The highest BCUT2D eigenvalue weighted by Gasteiger charge is 2.08. The fraction of sp³-hybridized carbons (Fsp3) is 0.250. The number of halogens is 1. The molecule has 1 unspecified atom stereocenters. The lowest BCUT2D eigenvalue weighted by Gasteiger charge is -2.17. The molecule has 2 N–H and O–H groups in total. The molecule has 0 heterocycles. The molecule has 0 amide bonds. The summed E-state index contributed by atoms with van der Waals surface area (Å²) in [4.78, 5) is 0. The highest BCUT2D eigenvalue weighted by Crippen LogP contribution is 2.26. The molecule has 0 saturated heterocycles. The van der Waals surface area contributed by atoms with Crippen LogP contribution in [0.4, 0.5) is 11.4 Å². The van der Waals surface area contributed by atoms with E-state index in [0.29, 0.717) is 16.4 Å². The Balaban J connectivity index is 3.12.